The maximum absolute atomic E-state index is 13.1. The Balaban J connectivity index is 1.68. The van der Waals surface area contributed by atoms with Gasteiger partial charge in [0.25, 0.3) is 5.91 Å². The van der Waals surface area contributed by atoms with Crippen LogP contribution in [0.1, 0.15) is 37.8 Å². The second kappa shape index (κ2) is 9.15. The van der Waals surface area contributed by atoms with Gasteiger partial charge in [0, 0.05) is 29.1 Å². The van der Waals surface area contributed by atoms with E-state index in [0.717, 1.165) is 31.5 Å². The molecule has 0 aromatic heterocycles. The van der Waals surface area contributed by atoms with Crippen molar-refractivity contribution in [3.05, 3.63) is 63.1 Å². The van der Waals surface area contributed by atoms with Crippen molar-refractivity contribution in [3.63, 3.8) is 0 Å². The van der Waals surface area contributed by atoms with E-state index >= 15 is 0 Å². The Hall–Kier alpha value is -1.79. The number of nitrogens with zero attached hydrogens (tertiary/aromatic N) is 3. The van der Waals surface area contributed by atoms with Gasteiger partial charge in [-0.05, 0) is 48.7 Å². The Labute approximate surface area is 191 Å². The number of piperidine rings is 1. The average molecular weight is 466 g/mol. The van der Waals surface area contributed by atoms with Gasteiger partial charge in [0.1, 0.15) is 5.71 Å². The highest BCUT2D eigenvalue weighted by Gasteiger charge is 2.40. The lowest BCUT2D eigenvalue weighted by Gasteiger charge is -2.28. The lowest BCUT2D eigenvalue weighted by molar-refractivity contribution is -0.120. The number of carbonyl (C=O) groups excluding carboxylic acids is 1. The molecule has 0 aliphatic carbocycles. The maximum Gasteiger partial charge on any atom is 0.282 e. The molecule has 30 heavy (non-hydrogen) atoms. The van der Waals surface area contributed by atoms with Gasteiger partial charge in [-0.15, -0.1) is 0 Å². The fraction of sp³-hybridized carbons (Fsp3) is 0.364. The van der Waals surface area contributed by atoms with Crippen molar-refractivity contribution in [2.24, 2.45) is 11.0 Å². The largest absolute Gasteiger partial charge is 0.284 e. The van der Waals surface area contributed by atoms with E-state index in [1.807, 2.05) is 47.3 Å². The van der Waals surface area contributed by atoms with E-state index in [9.17, 15) is 4.79 Å². The zero-order chi connectivity index (χ0) is 21.3. The van der Waals surface area contributed by atoms with E-state index in [1.165, 1.54) is 6.42 Å². The van der Waals surface area contributed by atoms with Gasteiger partial charge < -0.3 is 0 Å². The van der Waals surface area contributed by atoms with Gasteiger partial charge in [-0.1, -0.05) is 60.3 Å². The Bertz CT molecular complexity index is 957. The third-order valence-electron chi connectivity index (χ3n) is 5.60. The second-order valence-electron chi connectivity index (χ2n) is 7.70. The van der Waals surface area contributed by atoms with Crippen LogP contribution in [0.4, 0.5) is 5.69 Å². The summed E-state index contributed by atoms with van der Waals surface area (Å²) >= 11 is 18.7. The van der Waals surface area contributed by atoms with Crippen LogP contribution >= 0.6 is 34.8 Å². The Morgan fingerprint density at radius 1 is 1.00 bits per heavy atom. The molecule has 5 nitrogen and oxygen atoms in total. The molecule has 0 radical (unpaired) electrons. The molecule has 2 aliphatic rings. The SMILES string of the molecule is C[C@H]1C(C(=O)NN2CCCCC2)=NN(c2ccc(Cl)cc2Cl)[C@H]1c1ccc(Cl)cc1. The average Bonchev–Trinajstić information content (AvgIpc) is 3.06. The van der Waals surface area contributed by atoms with Gasteiger partial charge in [-0.25, -0.2) is 5.01 Å². The summed E-state index contributed by atoms with van der Waals surface area (Å²) in [6, 6.07) is 12.7. The third kappa shape index (κ3) is 4.45. The summed E-state index contributed by atoms with van der Waals surface area (Å²) in [5.41, 5.74) is 5.21. The third-order valence-corrected chi connectivity index (χ3v) is 6.39. The molecule has 2 aromatic carbocycles. The number of nitrogens with one attached hydrogen (secondary N) is 1. The van der Waals surface area contributed by atoms with Gasteiger partial charge in [-0.3, -0.25) is 15.2 Å². The summed E-state index contributed by atoms with van der Waals surface area (Å²) in [5.74, 6) is -0.321. The zero-order valence-electron chi connectivity index (χ0n) is 16.6. The normalized spacial score (nSPS) is 22.1. The van der Waals surface area contributed by atoms with Crippen LogP contribution < -0.4 is 10.4 Å². The molecule has 2 aromatic rings. The highest BCUT2D eigenvalue weighted by atomic mass is 35.5. The van der Waals surface area contributed by atoms with Crippen molar-refractivity contribution in [1.82, 2.24) is 10.4 Å². The molecule has 1 N–H and O–H groups in total. The molecular formula is C22H23Cl3N4O. The number of halogens is 3. The molecule has 2 atom stereocenters. The van der Waals surface area contributed by atoms with Crippen LogP contribution in [-0.2, 0) is 4.79 Å². The van der Waals surface area contributed by atoms with Crippen molar-refractivity contribution in [2.75, 3.05) is 18.1 Å². The van der Waals surface area contributed by atoms with Crippen molar-refractivity contribution in [2.45, 2.75) is 32.2 Å². The maximum atomic E-state index is 13.1. The van der Waals surface area contributed by atoms with Gasteiger partial charge in [-0.2, -0.15) is 5.10 Å². The number of hydrogen-bond donors (Lipinski definition) is 1. The number of amides is 1. The minimum absolute atomic E-state index is 0.150. The van der Waals surface area contributed by atoms with Gasteiger partial charge in [0.2, 0.25) is 0 Å². The van der Waals surface area contributed by atoms with Crippen LogP contribution in [0.5, 0.6) is 0 Å². The standard InChI is InChI=1S/C22H23Cl3N4O/c1-14-20(22(30)27-28-11-3-2-4-12-28)26-29(19-10-9-17(24)13-18(19)25)21(14)15-5-7-16(23)8-6-15/h5-10,13-14,21H,2-4,11-12H2,1H3,(H,27,30)/t14-,21+/m0/s1. The monoisotopic (exact) mass is 464 g/mol. The van der Waals surface area contributed by atoms with Crippen LogP contribution in [0.3, 0.4) is 0 Å². The first-order valence-electron chi connectivity index (χ1n) is 10.1. The smallest absolute Gasteiger partial charge is 0.282 e. The number of hydrogen-bond acceptors (Lipinski definition) is 4. The topological polar surface area (TPSA) is 47.9 Å². The van der Waals surface area contributed by atoms with Crippen molar-refractivity contribution in [3.8, 4) is 0 Å². The minimum atomic E-state index is -0.192. The number of hydrazine groups is 1. The number of anilines is 1. The molecule has 0 bridgehead atoms. The molecule has 2 aliphatic heterocycles. The van der Waals surface area contributed by atoms with Crippen molar-refractivity contribution < 1.29 is 4.79 Å². The molecular weight excluding hydrogens is 443 g/mol. The second-order valence-corrected chi connectivity index (χ2v) is 8.98. The lowest BCUT2D eigenvalue weighted by Crippen LogP contribution is -2.48. The molecule has 1 amide bonds. The Kier molecular flexibility index (Phi) is 6.54. The van der Waals surface area contributed by atoms with Gasteiger partial charge in [0.05, 0.1) is 16.8 Å². The van der Waals surface area contributed by atoms with Crippen LogP contribution in [-0.4, -0.2) is 29.7 Å². The fourth-order valence-electron chi connectivity index (χ4n) is 4.05. The predicted molar refractivity (Wildman–Crippen MR) is 123 cm³/mol. The molecule has 1 saturated heterocycles. The summed E-state index contributed by atoms with van der Waals surface area (Å²) in [7, 11) is 0. The van der Waals surface area contributed by atoms with E-state index in [0.29, 0.717) is 26.5 Å². The summed E-state index contributed by atoms with van der Waals surface area (Å²) in [5, 5.41) is 10.2. The predicted octanol–water partition coefficient (Wildman–Crippen LogP) is 5.72. The minimum Gasteiger partial charge on any atom is -0.284 e. The van der Waals surface area contributed by atoms with Crippen molar-refractivity contribution >= 4 is 52.1 Å². The Morgan fingerprint density at radius 2 is 1.67 bits per heavy atom. The molecule has 1 fully saturated rings. The highest BCUT2D eigenvalue weighted by Crippen LogP contribution is 2.42. The first-order valence-corrected chi connectivity index (χ1v) is 11.2. The first kappa shape index (κ1) is 21.4. The van der Waals surface area contributed by atoms with E-state index in [2.05, 4.69) is 5.43 Å². The fourth-order valence-corrected chi connectivity index (χ4v) is 4.67. The molecule has 0 spiro atoms. The molecule has 4 rings (SSSR count). The van der Waals surface area contributed by atoms with Gasteiger partial charge in [0.15, 0.2) is 0 Å². The summed E-state index contributed by atoms with van der Waals surface area (Å²) in [6.07, 6.45) is 3.37. The molecule has 8 heteroatoms. The highest BCUT2D eigenvalue weighted by molar-refractivity contribution is 6.41. The summed E-state index contributed by atoms with van der Waals surface area (Å²) in [4.78, 5) is 13.1. The molecule has 0 unspecified atom stereocenters. The van der Waals surface area contributed by atoms with Crippen LogP contribution in [0.15, 0.2) is 47.6 Å². The quantitative estimate of drug-likeness (QED) is 0.628. The number of carbonyl (C=O) groups is 1. The van der Waals surface area contributed by atoms with E-state index in [4.69, 9.17) is 39.9 Å². The lowest BCUT2D eigenvalue weighted by atomic mass is 9.91. The van der Waals surface area contributed by atoms with E-state index in [-0.39, 0.29) is 17.9 Å². The number of hydrazone groups is 1. The Morgan fingerprint density at radius 3 is 2.33 bits per heavy atom. The summed E-state index contributed by atoms with van der Waals surface area (Å²) in [6.45, 7) is 3.74. The number of benzene rings is 2. The first-order chi connectivity index (χ1) is 14.4. The van der Waals surface area contributed by atoms with Crippen LogP contribution in [0.25, 0.3) is 0 Å². The zero-order valence-corrected chi connectivity index (χ0v) is 18.9. The van der Waals surface area contributed by atoms with E-state index < -0.39 is 0 Å². The van der Waals surface area contributed by atoms with Crippen LogP contribution in [0, 0.1) is 5.92 Å². The van der Waals surface area contributed by atoms with Crippen LogP contribution in [0.2, 0.25) is 15.1 Å². The van der Waals surface area contributed by atoms with Gasteiger partial charge >= 0.3 is 0 Å². The number of rotatable bonds is 4. The van der Waals surface area contributed by atoms with Crippen molar-refractivity contribution in [1.29, 1.82) is 0 Å². The molecule has 2 heterocycles. The molecule has 0 saturated carbocycles. The van der Waals surface area contributed by atoms with E-state index in [1.54, 1.807) is 12.1 Å². The molecule has 158 valence electrons. The summed E-state index contributed by atoms with van der Waals surface area (Å²) < 4.78 is 0.